The van der Waals surface area contributed by atoms with Crippen LogP contribution >= 0.6 is 0 Å². The van der Waals surface area contributed by atoms with Gasteiger partial charge in [-0.1, -0.05) is 0 Å². The van der Waals surface area contributed by atoms with E-state index in [2.05, 4.69) is 33.5 Å². The molecule has 2 fully saturated rings. The van der Waals surface area contributed by atoms with E-state index in [-0.39, 0.29) is 0 Å². The van der Waals surface area contributed by atoms with Gasteiger partial charge >= 0.3 is 0 Å². The van der Waals surface area contributed by atoms with Crippen molar-refractivity contribution in [1.82, 2.24) is 9.88 Å². The van der Waals surface area contributed by atoms with Crippen LogP contribution in [0.4, 0.5) is 11.4 Å². The Bertz CT molecular complexity index is 403. The van der Waals surface area contributed by atoms with E-state index in [1.807, 2.05) is 12.4 Å². The van der Waals surface area contributed by atoms with Gasteiger partial charge in [0.15, 0.2) is 0 Å². The predicted molar refractivity (Wildman–Crippen MR) is 75.0 cm³/mol. The van der Waals surface area contributed by atoms with E-state index in [1.165, 1.54) is 32.4 Å². The normalized spacial score (nSPS) is 24.2. The van der Waals surface area contributed by atoms with E-state index < -0.39 is 0 Å². The summed E-state index contributed by atoms with van der Waals surface area (Å²) < 4.78 is 0. The standard InChI is InChI=1S/C14H22N4/c1-2-16-12-7-13(9-15-8-12)17-11-5-6-18(10-11)14-3-4-14/h7-9,11,14,16-17H,2-6,10H2,1H3. The maximum Gasteiger partial charge on any atom is 0.0550 e. The van der Waals surface area contributed by atoms with Gasteiger partial charge in [0.1, 0.15) is 0 Å². The maximum absolute atomic E-state index is 4.27. The number of rotatable bonds is 5. The Hall–Kier alpha value is -1.29. The Kier molecular flexibility index (Phi) is 3.37. The second kappa shape index (κ2) is 5.14. The lowest BCUT2D eigenvalue weighted by atomic mass is 10.2. The minimum absolute atomic E-state index is 0.587. The lowest BCUT2D eigenvalue weighted by molar-refractivity contribution is 0.326. The van der Waals surface area contributed by atoms with Gasteiger partial charge in [-0.15, -0.1) is 0 Å². The van der Waals surface area contributed by atoms with Crippen molar-refractivity contribution >= 4 is 11.4 Å². The number of nitrogens with one attached hydrogen (secondary N) is 2. The Morgan fingerprint density at radius 2 is 2.11 bits per heavy atom. The first-order chi connectivity index (χ1) is 8.85. The van der Waals surface area contributed by atoms with Crippen LogP contribution in [0.2, 0.25) is 0 Å². The third kappa shape index (κ3) is 2.75. The zero-order valence-corrected chi connectivity index (χ0v) is 11.0. The quantitative estimate of drug-likeness (QED) is 0.835. The van der Waals surface area contributed by atoms with E-state index in [0.29, 0.717) is 6.04 Å². The van der Waals surface area contributed by atoms with Crippen molar-refractivity contribution < 1.29 is 0 Å². The molecule has 0 aromatic carbocycles. The highest BCUT2D eigenvalue weighted by Crippen LogP contribution is 2.30. The van der Waals surface area contributed by atoms with Crippen molar-refractivity contribution in [1.29, 1.82) is 0 Å². The Balaban J connectivity index is 1.57. The molecule has 1 saturated carbocycles. The van der Waals surface area contributed by atoms with Gasteiger partial charge in [-0.3, -0.25) is 9.88 Å². The molecule has 4 heteroatoms. The number of hydrogen-bond acceptors (Lipinski definition) is 4. The van der Waals surface area contributed by atoms with Gasteiger partial charge in [0.05, 0.1) is 23.8 Å². The molecule has 0 radical (unpaired) electrons. The Morgan fingerprint density at radius 1 is 1.28 bits per heavy atom. The van der Waals surface area contributed by atoms with Gasteiger partial charge in [-0.2, -0.15) is 0 Å². The second-order valence-corrected chi connectivity index (χ2v) is 5.35. The molecular formula is C14H22N4. The summed E-state index contributed by atoms with van der Waals surface area (Å²) in [6, 6.07) is 3.63. The fourth-order valence-corrected chi connectivity index (χ4v) is 2.73. The summed E-state index contributed by atoms with van der Waals surface area (Å²) in [5.41, 5.74) is 2.23. The highest BCUT2D eigenvalue weighted by molar-refractivity contribution is 5.54. The van der Waals surface area contributed by atoms with E-state index in [9.17, 15) is 0 Å². The first-order valence-corrected chi connectivity index (χ1v) is 7.04. The molecule has 2 heterocycles. The van der Waals surface area contributed by atoms with Crippen LogP contribution in [-0.2, 0) is 0 Å². The average molecular weight is 246 g/mol. The van der Waals surface area contributed by atoms with Gasteiger partial charge in [0, 0.05) is 31.7 Å². The molecule has 0 bridgehead atoms. The van der Waals surface area contributed by atoms with Crippen molar-refractivity contribution in [3.8, 4) is 0 Å². The summed E-state index contributed by atoms with van der Waals surface area (Å²) in [6.45, 7) is 5.48. The van der Waals surface area contributed by atoms with Crippen LogP contribution in [0.25, 0.3) is 0 Å². The van der Waals surface area contributed by atoms with E-state index in [0.717, 1.165) is 24.0 Å². The van der Waals surface area contributed by atoms with Crippen molar-refractivity contribution in [3.05, 3.63) is 18.5 Å². The van der Waals surface area contributed by atoms with Crippen molar-refractivity contribution in [2.24, 2.45) is 0 Å². The molecular weight excluding hydrogens is 224 g/mol. The van der Waals surface area contributed by atoms with Crippen LogP contribution in [0.3, 0.4) is 0 Å². The van der Waals surface area contributed by atoms with Gasteiger partial charge in [0.25, 0.3) is 0 Å². The monoisotopic (exact) mass is 246 g/mol. The topological polar surface area (TPSA) is 40.2 Å². The third-order valence-corrected chi connectivity index (χ3v) is 3.77. The molecule has 1 aromatic heterocycles. The molecule has 1 atom stereocenters. The van der Waals surface area contributed by atoms with Gasteiger partial charge in [-0.05, 0) is 32.3 Å². The maximum atomic E-state index is 4.27. The summed E-state index contributed by atoms with van der Waals surface area (Å²) in [5.74, 6) is 0. The molecule has 1 aliphatic heterocycles. The highest BCUT2D eigenvalue weighted by Gasteiger charge is 2.34. The van der Waals surface area contributed by atoms with Crippen molar-refractivity contribution in [2.45, 2.75) is 38.3 Å². The molecule has 18 heavy (non-hydrogen) atoms. The van der Waals surface area contributed by atoms with Gasteiger partial charge < -0.3 is 10.6 Å². The molecule has 1 aromatic rings. The second-order valence-electron chi connectivity index (χ2n) is 5.35. The number of nitrogens with zero attached hydrogens (tertiary/aromatic N) is 2. The van der Waals surface area contributed by atoms with E-state index >= 15 is 0 Å². The number of anilines is 2. The average Bonchev–Trinajstić information content (AvgIpc) is 3.12. The SMILES string of the molecule is CCNc1cncc(NC2CCN(C3CC3)C2)c1. The van der Waals surface area contributed by atoms with Crippen LogP contribution in [0.15, 0.2) is 18.5 Å². The summed E-state index contributed by atoms with van der Waals surface area (Å²) in [4.78, 5) is 6.90. The smallest absolute Gasteiger partial charge is 0.0550 e. The summed E-state index contributed by atoms with van der Waals surface area (Å²) >= 11 is 0. The minimum atomic E-state index is 0.587. The number of aromatic nitrogens is 1. The lowest BCUT2D eigenvalue weighted by Crippen LogP contribution is -2.27. The highest BCUT2D eigenvalue weighted by atomic mass is 15.2. The molecule has 1 unspecified atom stereocenters. The molecule has 4 nitrogen and oxygen atoms in total. The summed E-state index contributed by atoms with van der Waals surface area (Å²) in [6.07, 6.45) is 7.86. The molecule has 3 rings (SSSR count). The molecule has 0 spiro atoms. The van der Waals surface area contributed by atoms with Crippen LogP contribution in [-0.4, -0.2) is 41.6 Å². The number of pyridine rings is 1. The zero-order chi connectivity index (χ0) is 12.4. The van der Waals surface area contributed by atoms with Crippen LogP contribution in [0.1, 0.15) is 26.2 Å². The fourth-order valence-electron chi connectivity index (χ4n) is 2.73. The minimum Gasteiger partial charge on any atom is -0.384 e. The molecule has 98 valence electrons. The molecule has 0 amide bonds. The molecule has 2 N–H and O–H groups in total. The predicted octanol–water partition coefficient (Wildman–Crippen LogP) is 2.16. The van der Waals surface area contributed by atoms with Crippen molar-refractivity contribution in [3.63, 3.8) is 0 Å². The van der Waals surface area contributed by atoms with Crippen LogP contribution in [0.5, 0.6) is 0 Å². The third-order valence-electron chi connectivity index (χ3n) is 3.77. The Labute approximate surface area is 109 Å². The van der Waals surface area contributed by atoms with E-state index in [1.54, 1.807) is 0 Å². The number of hydrogen-bond donors (Lipinski definition) is 2. The Morgan fingerprint density at radius 3 is 2.89 bits per heavy atom. The summed E-state index contributed by atoms with van der Waals surface area (Å²) in [5, 5.41) is 6.91. The van der Waals surface area contributed by atoms with Crippen LogP contribution < -0.4 is 10.6 Å². The summed E-state index contributed by atoms with van der Waals surface area (Å²) in [7, 11) is 0. The first-order valence-electron chi connectivity index (χ1n) is 7.04. The molecule has 2 aliphatic rings. The first kappa shape index (κ1) is 11.8. The van der Waals surface area contributed by atoms with Crippen LogP contribution in [0, 0.1) is 0 Å². The van der Waals surface area contributed by atoms with Gasteiger partial charge in [0.2, 0.25) is 0 Å². The number of likely N-dealkylation sites (tertiary alicyclic amines) is 1. The zero-order valence-electron chi connectivity index (χ0n) is 11.0. The largest absolute Gasteiger partial charge is 0.384 e. The fraction of sp³-hybridized carbons (Fsp3) is 0.643. The van der Waals surface area contributed by atoms with Crippen molar-refractivity contribution in [2.75, 3.05) is 30.3 Å². The molecule has 1 aliphatic carbocycles. The molecule has 1 saturated heterocycles. The van der Waals surface area contributed by atoms with E-state index in [4.69, 9.17) is 0 Å². The van der Waals surface area contributed by atoms with Gasteiger partial charge in [-0.25, -0.2) is 0 Å². The lowest BCUT2D eigenvalue weighted by Gasteiger charge is -2.17.